The fourth-order valence-corrected chi connectivity index (χ4v) is 10.7. The van der Waals surface area contributed by atoms with Crippen molar-refractivity contribution in [3.05, 3.63) is 170 Å². The molecule has 5 heteroatoms. The molecule has 0 fully saturated rings. The smallest absolute Gasteiger partial charge is 0.174 e. The summed E-state index contributed by atoms with van der Waals surface area (Å²) in [5, 5.41) is 4.04. The minimum absolute atomic E-state index is 0.462. The van der Waals surface area contributed by atoms with Crippen LogP contribution in [0.4, 0.5) is 0 Å². The SMILES string of the molecule is C#CC#CC.O=P(c1ccccc1)(c1ccccc1)c1ccccc1Oc1ccccc1P(=O)(c1ccccc1)c1ccccc1. The molecule has 0 aromatic heterocycles. The molecule has 0 heterocycles. The normalized spacial score (nSPS) is 10.7. The molecule has 0 amide bonds. The van der Waals surface area contributed by atoms with Crippen LogP contribution in [0.1, 0.15) is 6.92 Å². The maximum absolute atomic E-state index is 15.2. The minimum atomic E-state index is -3.32. The van der Waals surface area contributed by atoms with Crippen LogP contribution in [-0.4, -0.2) is 0 Å². The van der Waals surface area contributed by atoms with E-state index in [2.05, 4.69) is 17.8 Å². The van der Waals surface area contributed by atoms with Crippen LogP contribution in [-0.2, 0) is 9.13 Å². The second-order valence-corrected chi connectivity index (χ2v) is 15.6. The summed E-state index contributed by atoms with van der Waals surface area (Å²) in [5.74, 6) is 8.00. The predicted octanol–water partition coefficient (Wildman–Crippen LogP) is 7.40. The van der Waals surface area contributed by atoms with Crippen molar-refractivity contribution >= 4 is 46.1 Å². The van der Waals surface area contributed by atoms with E-state index in [1.54, 1.807) is 6.92 Å². The zero-order valence-electron chi connectivity index (χ0n) is 25.4. The topological polar surface area (TPSA) is 43.4 Å². The molecule has 0 unspecified atom stereocenters. The summed E-state index contributed by atoms with van der Waals surface area (Å²) in [7, 11) is -6.63. The van der Waals surface area contributed by atoms with E-state index in [-0.39, 0.29) is 0 Å². The number of hydrogen-bond acceptors (Lipinski definition) is 3. The molecule has 0 saturated heterocycles. The van der Waals surface area contributed by atoms with Crippen LogP contribution in [0.25, 0.3) is 0 Å². The number of ether oxygens (including phenoxy) is 1. The van der Waals surface area contributed by atoms with E-state index in [9.17, 15) is 0 Å². The summed E-state index contributed by atoms with van der Waals surface area (Å²) in [5.41, 5.74) is 0. The van der Waals surface area contributed by atoms with Gasteiger partial charge in [0.15, 0.2) is 14.3 Å². The van der Waals surface area contributed by atoms with Gasteiger partial charge in [0, 0.05) is 21.2 Å². The van der Waals surface area contributed by atoms with Gasteiger partial charge in [-0.15, -0.1) is 6.42 Å². The lowest BCUT2D eigenvalue weighted by Crippen LogP contribution is -2.27. The van der Waals surface area contributed by atoms with Crippen molar-refractivity contribution < 1.29 is 13.9 Å². The zero-order chi connectivity index (χ0) is 32.2. The molecule has 0 saturated carbocycles. The predicted molar refractivity (Wildman–Crippen MR) is 194 cm³/mol. The number of terminal acetylenes is 1. The van der Waals surface area contributed by atoms with E-state index in [1.807, 2.05) is 170 Å². The lowest BCUT2D eigenvalue weighted by atomic mass is 10.3. The average molecular weight is 635 g/mol. The summed E-state index contributed by atoms with van der Waals surface area (Å²) < 4.78 is 37.1. The highest BCUT2D eigenvalue weighted by Crippen LogP contribution is 2.48. The Bertz CT molecular complexity index is 1870. The summed E-state index contributed by atoms with van der Waals surface area (Å²) in [6.07, 6.45) is 4.72. The largest absolute Gasteiger partial charge is 0.456 e. The van der Waals surface area contributed by atoms with Gasteiger partial charge in [0.1, 0.15) is 11.5 Å². The van der Waals surface area contributed by atoms with Crippen molar-refractivity contribution in [2.24, 2.45) is 0 Å². The van der Waals surface area contributed by atoms with Gasteiger partial charge in [-0.05, 0) is 43.0 Å². The highest BCUT2D eigenvalue weighted by Gasteiger charge is 2.35. The zero-order valence-corrected chi connectivity index (χ0v) is 27.2. The highest BCUT2D eigenvalue weighted by atomic mass is 31.2. The van der Waals surface area contributed by atoms with E-state index in [4.69, 9.17) is 11.2 Å². The molecule has 0 radical (unpaired) electrons. The van der Waals surface area contributed by atoms with Gasteiger partial charge < -0.3 is 13.9 Å². The number of rotatable bonds is 8. The van der Waals surface area contributed by atoms with Crippen molar-refractivity contribution in [3.8, 4) is 35.7 Å². The van der Waals surface area contributed by atoms with Gasteiger partial charge in [0.2, 0.25) is 0 Å². The Labute approximate surface area is 271 Å². The van der Waals surface area contributed by atoms with Crippen LogP contribution >= 0.6 is 14.3 Å². The fourth-order valence-electron chi connectivity index (χ4n) is 5.20. The van der Waals surface area contributed by atoms with E-state index in [0.717, 1.165) is 21.2 Å². The maximum atomic E-state index is 15.2. The Morgan fingerprint density at radius 2 is 0.739 bits per heavy atom. The van der Waals surface area contributed by atoms with E-state index >= 15 is 9.13 Å². The number of para-hydroxylation sites is 2. The summed E-state index contributed by atoms with van der Waals surface area (Å²) in [6, 6.07) is 53.0. The Kier molecular flexibility index (Phi) is 10.6. The third-order valence-corrected chi connectivity index (χ3v) is 13.5. The Morgan fingerprint density at radius 3 is 1.00 bits per heavy atom. The molecular formula is C41H32O3P2. The first kappa shape index (κ1) is 32.1. The Balaban J connectivity index is 0.000000775. The van der Waals surface area contributed by atoms with Crippen molar-refractivity contribution in [2.75, 3.05) is 0 Å². The molecule has 6 rings (SSSR count). The standard InChI is InChI=1S/C36H28O3P2.C5H4/c37-40(29-17-5-1-6-18-29,30-19-7-2-8-20-30)35-27-15-13-25-33(35)39-34-26-14-16-28-36(34)41(38,31-21-9-3-10-22-31)32-23-11-4-12-24-32;1-3-5-4-2/h1-28H;1H,2H3. The molecule has 0 spiro atoms. The van der Waals surface area contributed by atoms with Crippen LogP contribution < -0.4 is 36.6 Å². The van der Waals surface area contributed by atoms with E-state index in [1.165, 1.54) is 0 Å². The van der Waals surface area contributed by atoms with Gasteiger partial charge >= 0.3 is 0 Å². The summed E-state index contributed by atoms with van der Waals surface area (Å²) in [6.45, 7) is 1.71. The van der Waals surface area contributed by atoms with Gasteiger partial charge in [-0.1, -0.05) is 152 Å². The van der Waals surface area contributed by atoms with Gasteiger partial charge in [-0.2, -0.15) is 0 Å². The molecule has 0 aliphatic carbocycles. The van der Waals surface area contributed by atoms with Crippen molar-refractivity contribution in [1.29, 1.82) is 0 Å². The molecule has 0 atom stereocenters. The fraction of sp³-hybridized carbons (Fsp3) is 0.0244. The van der Waals surface area contributed by atoms with E-state index < -0.39 is 14.3 Å². The first-order valence-electron chi connectivity index (χ1n) is 14.7. The second-order valence-electron chi connectivity index (χ2n) is 10.1. The molecule has 6 aromatic carbocycles. The van der Waals surface area contributed by atoms with Crippen LogP contribution in [0, 0.1) is 24.2 Å². The van der Waals surface area contributed by atoms with Crippen molar-refractivity contribution in [1.82, 2.24) is 0 Å². The molecule has 0 aliphatic heterocycles. The van der Waals surface area contributed by atoms with Gasteiger partial charge in [0.25, 0.3) is 0 Å². The Hall–Kier alpha value is -5.30. The first-order valence-corrected chi connectivity index (χ1v) is 18.1. The first-order chi connectivity index (χ1) is 22.5. The van der Waals surface area contributed by atoms with Crippen LogP contribution in [0.15, 0.2) is 170 Å². The molecule has 0 aliphatic rings. The molecule has 3 nitrogen and oxygen atoms in total. The molecule has 0 bridgehead atoms. The lowest BCUT2D eigenvalue weighted by Gasteiger charge is -2.25. The summed E-state index contributed by atoms with van der Waals surface area (Å²) in [4.78, 5) is 0. The van der Waals surface area contributed by atoms with Crippen LogP contribution in [0.2, 0.25) is 0 Å². The monoisotopic (exact) mass is 634 g/mol. The maximum Gasteiger partial charge on any atom is 0.174 e. The van der Waals surface area contributed by atoms with Crippen LogP contribution in [0.3, 0.4) is 0 Å². The quantitative estimate of drug-likeness (QED) is 0.130. The summed E-state index contributed by atoms with van der Waals surface area (Å²) >= 11 is 0. The van der Waals surface area contributed by atoms with Crippen molar-refractivity contribution in [3.63, 3.8) is 0 Å². The molecule has 224 valence electrons. The van der Waals surface area contributed by atoms with Crippen molar-refractivity contribution in [2.45, 2.75) is 6.92 Å². The molecule has 0 N–H and O–H groups in total. The van der Waals surface area contributed by atoms with Gasteiger partial charge in [0.05, 0.1) is 10.6 Å². The Morgan fingerprint density at radius 1 is 0.457 bits per heavy atom. The third kappa shape index (κ3) is 6.69. The van der Waals surface area contributed by atoms with Crippen LogP contribution in [0.5, 0.6) is 11.5 Å². The minimum Gasteiger partial charge on any atom is -0.456 e. The number of benzene rings is 6. The molecule has 6 aromatic rings. The third-order valence-electron chi connectivity index (χ3n) is 7.31. The van der Waals surface area contributed by atoms with Gasteiger partial charge in [-0.25, -0.2) is 0 Å². The average Bonchev–Trinajstić information content (AvgIpc) is 3.13. The lowest BCUT2D eigenvalue weighted by molar-refractivity contribution is 0.489. The number of hydrogen-bond donors (Lipinski definition) is 0. The van der Waals surface area contributed by atoms with E-state index in [0.29, 0.717) is 22.1 Å². The molecular weight excluding hydrogens is 602 g/mol. The van der Waals surface area contributed by atoms with Gasteiger partial charge in [-0.3, -0.25) is 0 Å². The highest BCUT2D eigenvalue weighted by molar-refractivity contribution is 7.86. The second kappa shape index (κ2) is 15.1. The molecule has 46 heavy (non-hydrogen) atoms.